The third-order valence-electron chi connectivity index (χ3n) is 3.45. The van der Waals surface area contributed by atoms with Gasteiger partial charge >= 0.3 is 6.03 Å². The first-order valence-corrected chi connectivity index (χ1v) is 8.42. The van der Waals surface area contributed by atoms with Gasteiger partial charge in [-0.05, 0) is 32.9 Å². The monoisotopic (exact) mass is 316 g/mol. The fourth-order valence-electron chi connectivity index (χ4n) is 2.42. The first-order valence-electron chi connectivity index (χ1n) is 7.27. The second-order valence-corrected chi connectivity index (χ2v) is 7.28. The lowest BCUT2D eigenvalue weighted by Gasteiger charge is -2.23. The van der Waals surface area contributed by atoms with Gasteiger partial charge in [-0.3, -0.25) is 5.32 Å². The van der Waals surface area contributed by atoms with Gasteiger partial charge in [-0.15, -0.1) is 0 Å². The van der Waals surface area contributed by atoms with Crippen molar-refractivity contribution in [2.45, 2.75) is 37.8 Å². The summed E-state index contributed by atoms with van der Waals surface area (Å²) < 4.78 is 1.92. The van der Waals surface area contributed by atoms with Gasteiger partial charge in [-0.2, -0.15) is 16.9 Å². The van der Waals surface area contributed by atoms with Crippen LogP contribution in [-0.2, 0) is 17.0 Å². The van der Waals surface area contributed by atoms with Crippen LogP contribution in [0.15, 0.2) is 30.3 Å². The third-order valence-corrected chi connectivity index (χ3v) is 4.42. The number of hydrogen-bond acceptors (Lipinski definition) is 3. The highest BCUT2D eigenvalue weighted by Gasteiger charge is 2.28. The molecule has 6 heteroatoms. The summed E-state index contributed by atoms with van der Waals surface area (Å²) >= 11 is 1.83. The van der Waals surface area contributed by atoms with E-state index in [1.165, 1.54) is 0 Å². The van der Waals surface area contributed by atoms with Gasteiger partial charge in [0.05, 0.1) is 11.2 Å². The summed E-state index contributed by atoms with van der Waals surface area (Å²) in [5.41, 5.74) is 2.82. The number of hydrogen-bond donors (Lipinski definition) is 2. The summed E-state index contributed by atoms with van der Waals surface area (Å²) in [5.74, 6) is 2.61. The molecule has 116 valence electrons. The van der Waals surface area contributed by atoms with Gasteiger partial charge in [-0.1, -0.05) is 18.2 Å². The lowest BCUT2D eigenvalue weighted by molar-refractivity contribution is 0.261. The molecule has 22 heavy (non-hydrogen) atoms. The van der Waals surface area contributed by atoms with Crippen LogP contribution < -0.4 is 10.6 Å². The van der Waals surface area contributed by atoms with Gasteiger partial charge in [0.15, 0.2) is 0 Å². The van der Waals surface area contributed by atoms with Crippen LogP contribution in [-0.4, -0.2) is 15.8 Å². The predicted molar refractivity (Wildman–Crippen MR) is 91.3 cm³/mol. The second kappa shape index (κ2) is 5.68. The smallest absolute Gasteiger partial charge is 0.308 e. The van der Waals surface area contributed by atoms with E-state index in [0.29, 0.717) is 0 Å². The first kappa shape index (κ1) is 15.0. The maximum atomic E-state index is 12.3. The average Bonchev–Trinajstić information content (AvgIpc) is 3.02. The molecule has 2 amide bonds. The number of rotatable bonds is 2. The van der Waals surface area contributed by atoms with Crippen LogP contribution >= 0.6 is 11.8 Å². The fourth-order valence-corrected chi connectivity index (χ4v) is 3.45. The van der Waals surface area contributed by atoms with Gasteiger partial charge < -0.3 is 5.32 Å². The number of thioether (sulfide) groups is 1. The van der Waals surface area contributed by atoms with E-state index in [1.54, 1.807) is 0 Å². The number of aromatic nitrogens is 2. The molecule has 0 unspecified atom stereocenters. The van der Waals surface area contributed by atoms with Gasteiger partial charge in [0.25, 0.3) is 0 Å². The Morgan fingerprint density at radius 1 is 1.18 bits per heavy atom. The van der Waals surface area contributed by atoms with E-state index in [2.05, 4.69) is 36.5 Å². The zero-order chi connectivity index (χ0) is 15.7. The Morgan fingerprint density at radius 3 is 2.59 bits per heavy atom. The Bertz CT molecular complexity index is 688. The summed E-state index contributed by atoms with van der Waals surface area (Å²) in [6.45, 7) is 6.26. The van der Waals surface area contributed by atoms with E-state index < -0.39 is 0 Å². The zero-order valence-electron chi connectivity index (χ0n) is 13.0. The number of amides is 2. The summed E-state index contributed by atoms with van der Waals surface area (Å²) in [4.78, 5) is 12.3. The molecule has 0 radical (unpaired) electrons. The van der Waals surface area contributed by atoms with Crippen LogP contribution in [0.2, 0.25) is 0 Å². The number of benzene rings is 1. The minimum atomic E-state index is -0.240. The maximum absolute atomic E-state index is 12.3. The van der Waals surface area contributed by atoms with Crippen molar-refractivity contribution in [2.75, 3.05) is 10.6 Å². The molecule has 2 N–H and O–H groups in total. The van der Waals surface area contributed by atoms with Crippen LogP contribution in [0.1, 0.15) is 32.0 Å². The molecule has 1 aliphatic rings. The van der Waals surface area contributed by atoms with Gasteiger partial charge in [0.2, 0.25) is 0 Å². The average molecular weight is 316 g/mol. The Hall–Kier alpha value is -1.95. The molecule has 0 aliphatic carbocycles. The number of carbonyl (C=O) groups excluding carboxylic acids is 1. The summed E-state index contributed by atoms with van der Waals surface area (Å²) in [5, 5.41) is 10.5. The molecular weight excluding hydrogens is 296 g/mol. The number of urea groups is 1. The Morgan fingerprint density at radius 2 is 1.91 bits per heavy atom. The molecule has 5 nitrogen and oxygen atoms in total. The topological polar surface area (TPSA) is 59.0 Å². The van der Waals surface area contributed by atoms with Crippen molar-refractivity contribution in [3.63, 3.8) is 0 Å². The molecule has 0 fully saturated rings. The van der Waals surface area contributed by atoms with Gasteiger partial charge in [-0.25, -0.2) is 9.48 Å². The minimum absolute atomic E-state index is 0.176. The van der Waals surface area contributed by atoms with Crippen molar-refractivity contribution in [2.24, 2.45) is 0 Å². The fraction of sp³-hybridized carbons (Fsp3) is 0.375. The molecule has 0 bridgehead atoms. The van der Waals surface area contributed by atoms with Crippen LogP contribution in [0, 0.1) is 0 Å². The summed E-state index contributed by atoms with van der Waals surface area (Å²) in [7, 11) is 0. The zero-order valence-corrected chi connectivity index (χ0v) is 13.8. The largest absolute Gasteiger partial charge is 0.324 e. The van der Waals surface area contributed by atoms with Crippen molar-refractivity contribution in [3.8, 4) is 0 Å². The van der Waals surface area contributed by atoms with Crippen molar-refractivity contribution in [1.82, 2.24) is 9.78 Å². The molecule has 0 saturated heterocycles. The predicted octanol–water partition coefficient (Wildman–Crippen LogP) is 4.03. The lowest BCUT2D eigenvalue weighted by Crippen LogP contribution is -2.29. The normalized spacial score (nSPS) is 13.8. The van der Waals surface area contributed by atoms with E-state index in [1.807, 2.05) is 46.8 Å². The Balaban J connectivity index is 1.84. The number of fused-ring (bicyclic) bond motifs is 1. The Labute approximate surface area is 134 Å². The molecule has 1 aromatic heterocycles. The summed E-state index contributed by atoms with van der Waals surface area (Å²) in [6.07, 6.45) is 0. The molecule has 1 aromatic carbocycles. The van der Waals surface area contributed by atoms with E-state index in [-0.39, 0.29) is 11.6 Å². The Kier molecular flexibility index (Phi) is 3.87. The molecular formula is C16H20N4OS. The van der Waals surface area contributed by atoms with Crippen molar-refractivity contribution < 1.29 is 4.79 Å². The van der Waals surface area contributed by atoms with E-state index in [9.17, 15) is 4.79 Å². The van der Waals surface area contributed by atoms with Crippen molar-refractivity contribution in [1.29, 1.82) is 0 Å². The highest BCUT2D eigenvalue weighted by molar-refractivity contribution is 7.98. The van der Waals surface area contributed by atoms with Gasteiger partial charge in [0.1, 0.15) is 5.82 Å². The minimum Gasteiger partial charge on any atom is -0.308 e. The molecule has 0 atom stereocenters. The maximum Gasteiger partial charge on any atom is 0.324 e. The highest BCUT2D eigenvalue weighted by atomic mass is 32.2. The molecule has 3 rings (SSSR count). The molecule has 2 aromatic rings. The first-order chi connectivity index (χ1) is 10.4. The molecule has 2 heterocycles. The van der Waals surface area contributed by atoms with Crippen LogP contribution in [0.4, 0.5) is 16.3 Å². The number of anilines is 2. The van der Waals surface area contributed by atoms with Crippen molar-refractivity contribution >= 4 is 29.3 Å². The van der Waals surface area contributed by atoms with Gasteiger partial charge in [0, 0.05) is 22.8 Å². The third kappa shape index (κ3) is 2.97. The molecule has 0 saturated carbocycles. The van der Waals surface area contributed by atoms with E-state index in [0.717, 1.165) is 34.3 Å². The quantitative estimate of drug-likeness (QED) is 0.879. The number of carbonyl (C=O) groups is 1. The van der Waals surface area contributed by atoms with Crippen LogP contribution in [0.3, 0.4) is 0 Å². The number of nitrogens with zero attached hydrogens (tertiary/aromatic N) is 2. The van der Waals surface area contributed by atoms with E-state index in [4.69, 9.17) is 0 Å². The van der Waals surface area contributed by atoms with Crippen LogP contribution in [0.25, 0.3) is 0 Å². The van der Waals surface area contributed by atoms with Crippen LogP contribution in [0.5, 0.6) is 0 Å². The van der Waals surface area contributed by atoms with E-state index >= 15 is 0 Å². The number of para-hydroxylation sites is 1. The lowest BCUT2D eigenvalue weighted by atomic mass is 10.1. The number of nitrogens with one attached hydrogen (secondary N) is 2. The van der Waals surface area contributed by atoms with Crippen molar-refractivity contribution in [3.05, 3.63) is 41.6 Å². The highest BCUT2D eigenvalue weighted by Crippen LogP contribution is 2.37. The summed E-state index contributed by atoms with van der Waals surface area (Å²) in [6, 6.07) is 9.19. The molecule has 0 spiro atoms. The molecule has 1 aliphatic heterocycles. The standard InChI is InChI=1S/C16H20N4OS/c1-16(2,3)20-14(12-9-22-10-13(12)19-20)18-15(21)17-11-7-5-4-6-8-11/h4-8H,9-10H2,1-3H3,(H2,17,18,21). The second-order valence-electron chi connectivity index (χ2n) is 6.29. The SMILES string of the molecule is CC(C)(C)n1nc2c(c1NC(=O)Nc1ccccc1)CSC2.